The largest absolute Gasteiger partial charge is 0.395 e. The molecule has 7 heavy (non-hydrogen) atoms. The first-order chi connectivity index (χ1) is 3.33. The number of hydrogen-bond donors (Lipinski definition) is 2. The molecule has 0 atom stereocenters. The first-order valence-corrected chi connectivity index (χ1v) is 2.25. The molecule has 0 aliphatic heterocycles. The van der Waals surface area contributed by atoms with Gasteiger partial charge in [0.1, 0.15) is 0 Å². The van der Waals surface area contributed by atoms with E-state index in [0.29, 0.717) is 0 Å². The molecule has 0 radical (unpaired) electrons. The van der Waals surface area contributed by atoms with Crippen LogP contribution in [0.5, 0.6) is 0 Å². The van der Waals surface area contributed by atoms with Crippen LogP contribution in [-0.4, -0.2) is 23.4 Å². The van der Waals surface area contributed by atoms with Crippen molar-refractivity contribution >= 4 is 0 Å². The minimum Gasteiger partial charge on any atom is -0.395 e. The summed E-state index contributed by atoms with van der Waals surface area (Å²) in [5.74, 6) is 0. The summed E-state index contributed by atoms with van der Waals surface area (Å²) in [7, 11) is 0. The molecule has 0 saturated heterocycles. The van der Waals surface area contributed by atoms with E-state index in [1.807, 2.05) is 0 Å². The Hall–Kier alpha value is -0.340. The van der Waals surface area contributed by atoms with Gasteiger partial charge in [0.05, 0.1) is 18.6 Å². The van der Waals surface area contributed by atoms with Crippen molar-refractivity contribution in [2.24, 2.45) is 5.41 Å². The molecule has 0 fully saturated rings. The predicted molar refractivity (Wildman–Crippen MR) is 25.7 cm³/mol. The van der Waals surface area contributed by atoms with Crippen LogP contribution < -0.4 is 0 Å². The van der Waals surface area contributed by atoms with E-state index in [1.165, 1.54) is 0 Å². The van der Waals surface area contributed by atoms with E-state index < -0.39 is 0 Å². The highest BCUT2D eigenvalue weighted by atomic mass is 16.3. The molecule has 1 aliphatic carbocycles. The third-order valence-electron chi connectivity index (χ3n) is 1.23. The maximum absolute atomic E-state index is 8.43. The molecule has 0 aromatic heterocycles. The van der Waals surface area contributed by atoms with Gasteiger partial charge in [-0.05, 0) is 0 Å². The first kappa shape index (κ1) is 4.81. The van der Waals surface area contributed by atoms with E-state index in [9.17, 15) is 0 Å². The summed E-state index contributed by atoms with van der Waals surface area (Å²) < 4.78 is 0. The topological polar surface area (TPSA) is 40.5 Å². The molecule has 1 rings (SSSR count). The van der Waals surface area contributed by atoms with Crippen molar-refractivity contribution < 1.29 is 10.2 Å². The molecular weight excluding hydrogens is 92.1 g/mol. The van der Waals surface area contributed by atoms with Crippen LogP contribution in [0.15, 0.2) is 12.2 Å². The molecule has 2 nitrogen and oxygen atoms in total. The fourth-order valence-corrected chi connectivity index (χ4v) is 0.379. The molecule has 2 N–H and O–H groups in total. The van der Waals surface area contributed by atoms with Crippen LogP contribution in [0.25, 0.3) is 0 Å². The molecule has 2 heteroatoms. The van der Waals surface area contributed by atoms with E-state index in [0.717, 1.165) is 0 Å². The van der Waals surface area contributed by atoms with E-state index in [-0.39, 0.29) is 18.6 Å². The SMILES string of the molecule is OCC1(CO)C=C1. The Morgan fingerprint density at radius 1 is 1.14 bits per heavy atom. The molecule has 1 aliphatic rings. The number of rotatable bonds is 2. The van der Waals surface area contributed by atoms with Crippen LogP contribution >= 0.6 is 0 Å². The lowest BCUT2D eigenvalue weighted by molar-refractivity contribution is 0.151. The van der Waals surface area contributed by atoms with Crippen molar-refractivity contribution in [2.45, 2.75) is 0 Å². The smallest absolute Gasteiger partial charge is 0.0579 e. The molecule has 0 spiro atoms. The quantitative estimate of drug-likeness (QED) is 0.460. The third-order valence-corrected chi connectivity index (χ3v) is 1.23. The average Bonchev–Trinajstić information content (AvgIpc) is 2.46. The molecule has 0 bridgehead atoms. The zero-order chi connectivity index (χ0) is 5.33. The minimum atomic E-state index is -0.306. The summed E-state index contributed by atoms with van der Waals surface area (Å²) in [5, 5.41) is 16.9. The van der Waals surface area contributed by atoms with E-state index in [2.05, 4.69) is 0 Å². The van der Waals surface area contributed by atoms with Crippen molar-refractivity contribution in [3.05, 3.63) is 12.2 Å². The molecular formula is C5H8O2. The molecule has 0 saturated carbocycles. The van der Waals surface area contributed by atoms with Crippen molar-refractivity contribution in [3.63, 3.8) is 0 Å². The van der Waals surface area contributed by atoms with E-state index in [1.54, 1.807) is 12.2 Å². The van der Waals surface area contributed by atoms with Gasteiger partial charge in [-0.15, -0.1) is 0 Å². The lowest BCUT2D eigenvalue weighted by atomic mass is 10.1. The fraction of sp³-hybridized carbons (Fsp3) is 0.600. The maximum Gasteiger partial charge on any atom is 0.0579 e. The Balaban J connectivity index is 2.31. The molecule has 0 amide bonds. The fourth-order valence-electron chi connectivity index (χ4n) is 0.379. The summed E-state index contributed by atoms with van der Waals surface area (Å²) in [4.78, 5) is 0. The van der Waals surface area contributed by atoms with E-state index in [4.69, 9.17) is 10.2 Å². The molecule has 0 aromatic carbocycles. The predicted octanol–water partition coefficient (Wildman–Crippen LogP) is -0.473. The highest BCUT2D eigenvalue weighted by Gasteiger charge is 2.31. The van der Waals surface area contributed by atoms with Gasteiger partial charge in [-0.2, -0.15) is 0 Å². The minimum absolute atomic E-state index is 0.0451. The van der Waals surface area contributed by atoms with E-state index >= 15 is 0 Å². The number of aliphatic hydroxyl groups is 2. The normalized spacial score (nSPS) is 22.6. The second kappa shape index (κ2) is 1.32. The lowest BCUT2D eigenvalue weighted by Gasteiger charge is -2.04. The molecule has 40 valence electrons. The second-order valence-electron chi connectivity index (χ2n) is 1.88. The van der Waals surface area contributed by atoms with Gasteiger partial charge >= 0.3 is 0 Å². The standard InChI is InChI=1S/C5H8O2/c6-3-5(4-7)1-2-5/h1-2,6-7H,3-4H2. The van der Waals surface area contributed by atoms with Gasteiger partial charge in [-0.25, -0.2) is 0 Å². The van der Waals surface area contributed by atoms with Crippen molar-refractivity contribution in [1.82, 2.24) is 0 Å². The van der Waals surface area contributed by atoms with Crippen molar-refractivity contribution in [1.29, 1.82) is 0 Å². The van der Waals surface area contributed by atoms with Gasteiger partial charge < -0.3 is 10.2 Å². The summed E-state index contributed by atoms with van der Waals surface area (Å²) in [6, 6.07) is 0. The average molecular weight is 100 g/mol. The summed E-state index contributed by atoms with van der Waals surface area (Å²) in [6.07, 6.45) is 3.60. The highest BCUT2D eigenvalue weighted by molar-refractivity contribution is 5.25. The summed E-state index contributed by atoms with van der Waals surface area (Å²) >= 11 is 0. The van der Waals surface area contributed by atoms with Crippen LogP contribution in [0.2, 0.25) is 0 Å². The van der Waals surface area contributed by atoms with Crippen LogP contribution in [0.4, 0.5) is 0 Å². The van der Waals surface area contributed by atoms with Gasteiger partial charge in [-0.1, -0.05) is 12.2 Å². The number of hydrogen-bond acceptors (Lipinski definition) is 2. The second-order valence-corrected chi connectivity index (χ2v) is 1.88. The zero-order valence-electron chi connectivity index (χ0n) is 3.96. The van der Waals surface area contributed by atoms with Crippen molar-refractivity contribution in [3.8, 4) is 0 Å². The maximum atomic E-state index is 8.43. The Morgan fingerprint density at radius 3 is 1.57 bits per heavy atom. The lowest BCUT2D eigenvalue weighted by Crippen LogP contribution is -2.12. The van der Waals surface area contributed by atoms with Crippen LogP contribution in [0.1, 0.15) is 0 Å². The molecule has 0 unspecified atom stereocenters. The van der Waals surface area contributed by atoms with Crippen molar-refractivity contribution in [2.75, 3.05) is 13.2 Å². The van der Waals surface area contributed by atoms with Crippen LogP contribution in [0.3, 0.4) is 0 Å². The molecule has 0 heterocycles. The van der Waals surface area contributed by atoms with Crippen LogP contribution in [0, 0.1) is 5.41 Å². The monoisotopic (exact) mass is 100 g/mol. The summed E-state index contributed by atoms with van der Waals surface area (Å²) in [6.45, 7) is 0.0903. The Kier molecular flexibility index (Phi) is 0.905. The van der Waals surface area contributed by atoms with Gasteiger partial charge in [0.2, 0.25) is 0 Å². The van der Waals surface area contributed by atoms with Gasteiger partial charge in [-0.3, -0.25) is 0 Å². The highest BCUT2D eigenvalue weighted by Crippen LogP contribution is 2.32. The Bertz CT molecular complexity index is 84.3. The number of aliphatic hydroxyl groups excluding tert-OH is 2. The summed E-state index contributed by atoms with van der Waals surface area (Å²) in [5.41, 5.74) is -0.306. The first-order valence-electron chi connectivity index (χ1n) is 2.25. The van der Waals surface area contributed by atoms with Gasteiger partial charge in [0, 0.05) is 0 Å². The van der Waals surface area contributed by atoms with Crippen LogP contribution in [-0.2, 0) is 0 Å². The van der Waals surface area contributed by atoms with Gasteiger partial charge in [0.15, 0.2) is 0 Å². The zero-order valence-corrected chi connectivity index (χ0v) is 3.96. The third kappa shape index (κ3) is 0.667. The van der Waals surface area contributed by atoms with Gasteiger partial charge in [0.25, 0.3) is 0 Å². The molecule has 0 aromatic rings. The Labute approximate surface area is 42.1 Å². The Morgan fingerprint density at radius 2 is 1.57 bits per heavy atom.